The molecular weight excluding hydrogens is 515 g/mol. The molecule has 0 spiro atoms. The van der Waals surface area contributed by atoms with Crippen LogP contribution in [0.4, 0.5) is 13.2 Å². The van der Waals surface area contributed by atoms with Crippen molar-refractivity contribution in [3.8, 4) is 5.75 Å². The fraction of sp³-hybridized carbons (Fsp3) is 0.464. The van der Waals surface area contributed by atoms with Gasteiger partial charge < -0.3 is 25.8 Å². The maximum absolute atomic E-state index is 12.8. The fourth-order valence-electron chi connectivity index (χ4n) is 3.79. The lowest BCUT2D eigenvalue weighted by atomic mass is 10.0. The van der Waals surface area contributed by atoms with E-state index in [1.165, 1.54) is 0 Å². The van der Waals surface area contributed by atoms with Gasteiger partial charge in [0.2, 0.25) is 5.91 Å². The van der Waals surface area contributed by atoms with Crippen molar-refractivity contribution in [2.75, 3.05) is 19.7 Å². The largest absolute Gasteiger partial charge is 0.483 e. The third-order valence-corrected chi connectivity index (χ3v) is 5.87. The summed E-state index contributed by atoms with van der Waals surface area (Å²) in [7, 11) is 0. The van der Waals surface area contributed by atoms with Crippen molar-refractivity contribution in [2.24, 2.45) is 5.92 Å². The van der Waals surface area contributed by atoms with E-state index in [9.17, 15) is 32.7 Å². The number of carbonyl (C=O) groups excluding carboxylic acids is 3. The van der Waals surface area contributed by atoms with Crippen molar-refractivity contribution in [1.82, 2.24) is 16.0 Å². The SMILES string of the molecule is Cc1cccc(C)c1OCC(=O)NCC[C@H](O)CNC(=O)[C@H](CC(C)C)NC(=O)c1ccc(C(F)(F)F)cc1. The van der Waals surface area contributed by atoms with Crippen molar-refractivity contribution in [3.05, 3.63) is 64.7 Å². The van der Waals surface area contributed by atoms with Gasteiger partial charge in [0.05, 0.1) is 11.7 Å². The molecule has 8 nitrogen and oxygen atoms in total. The molecule has 4 N–H and O–H groups in total. The van der Waals surface area contributed by atoms with E-state index < -0.39 is 35.7 Å². The monoisotopic (exact) mass is 551 g/mol. The molecule has 214 valence electrons. The third-order valence-electron chi connectivity index (χ3n) is 5.87. The van der Waals surface area contributed by atoms with Crippen LogP contribution in [-0.2, 0) is 15.8 Å². The zero-order chi connectivity index (χ0) is 29.2. The highest BCUT2D eigenvalue weighted by atomic mass is 19.4. The molecule has 2 aromatic carbocycles. The molecular formula is C28H36F3N3O5. The normalized spacial score (nSPS) is 12.9. The second-order valence-electron chi connectivity index (χ2n) is 9.78. The molecule has 2 rings (SSSR count). The summed E-state index contributed by atoms with van der Waals surface area (Å²) in [5, 5.41) is 18.0. The Morgan fingerprint density at radius 3 is 2.15 bits per heavy atom. The van der Waals surface area contributed by atoms with Crippen LogP contribution < -0.4 is 20.7 Å². The van der Waals surface area contributed by atoms with E-state index in [1.807, 2.05) is 45.9 Å². The number of hydrogen-bond donors (Lipinski definition) is 4. The Hall–Kier alpha value is -3.60. The molecule has 0 aliphatic rings. The quantitative estimate of drug-likeness (QED) is 0.304. The Balaban J connectivity index is 1.79. The van der Waals surface area contributed by atoms with E-state index in [-0.39, 0.29) is 49.9 Å². The standard InChI is InChI=1S/C28H36F3N3O5/c1-17(2)14-23(34-26(37)20-8-10-21(11-9-20)28(29,30)31)27(38)33-15-22(35)12-13-32-24(36)16-39-25-18(3)6-5-7-19(25)4/h5-11,17,22-23,35H,12-16H2,1-4H3,(H,32,36)(H,33,38)(H,34,37)/t22-,23-/m0/s1. The fourth-order valence-corrected chi connectivity index (χ4v) is 3.79. The molecule has 0 heterocycles. The topological polar surface area (TPSA) is 117 Å². The molecule has 39 heavy (non-hydrogen) atoms. The van der Waals surface area contributed by atoms with Crippen LogP contribution in [0.3, 0.4) is 0 Å². The molecule has 2 atom stereocenters. The number of benzene rings is 2. The van der Waals surface area contributed by atoms with E-state index in [0.29, 0.717) is 5.75 Å². The first-order valence-electron chi connectivity index (χ1n) is 12.7. The summed E-state index contributed by atoms with van der Waals surface area (Å²) in [6.45, 7) is 7.35. The zero-order valence-corrected chi connectivity index (χ0v) is 22.5. The van der Waals surface area contributed by atoms with Crippen molar-refractivity contribution in [3.63, 3.8) is 0 Å². The second-order valence-corrected chi connectivity index (χ2v) is 9.78. The molecule has 0 aromatic heterocycles. The number of halogens is 3. The number of rotatable bonds is 13. The molecule has 0 aliphatic carbocycles. The lowest BCUT2D eigenvalue weighted by Gasteiger charge is -2.21. The number of para-hydroxylation sites is 1. The Kier molecular flexibility index (Phi) is 11.8. The molecule has 2 aromatic rings. The Morgan fingerprint density at radius 2 is 1.59 bits per heavy atom. The molecule has 0 saturated heterocycles. The number of carbonyl (C=O) groups is 3. The number of hydrogen-bond acceptors (Lipinski definition) is 5. The molecule has 0 fully saturated rings. The Bertz CT molecular complexity index is 1100. The summed E-state index contributed by atoms with van der Waals surface area (Å²) in [4.78, 5) is 37.4. The van der Waals surface area contributed by atoms with Gasteiger partial charge in [0.1, 0.15) is 11.8 Å². The summed E-state index contributed by atoms with van der Waals surface area (Å²) in [5.74, 6) is -0.891. The third kappa shape index (κ3) is 10.6. The van der Waals surface area contributed by atoms with Crippen LogP contribution in [0, 0.1) is 19.8 Å². The minimum atomic E-state index is -4.52. The van der Waals surface area contributed by atoms with Gasteiger partial charge in [-0.2, -0.15) is 13.2 Å². The van der Waals surface area contributed by atoms with Crippen LogP contribution in [0.2, 0.25) is 0 Å². The highest BCUT2D eigenvalue weighted by Crippen LogP contribution is 2.29. The lowest BCUT2D eigenvalue weighted by molar-refractivity contribution is -0.137. The summed E-state index contributed by atoms with van der Waals surface area (Å²) in [6, 6.07) is 8.42. The molecule has 0 saturated carbocycles. The van der Waals surface area contributed by atoms with E-state index in [0.717, 1.165) is 35.4 Å². The lowest BCUT2D eigenvalue weighted by Crippen LogP contribution is -2.49. The minimum absolute atomic E-state index is 0.0121. The molecule has 0 bridgehead atoms. The van der Waals surface area contributed by atoms with Crippen molar-refractivity contribution in [2.45, 2.75) is 58.9 Å². The highest BCUT2D eigenvalue weighted by Gasteiger charge is 2.30. The van der Waals surface area contributed by atoms with Crippen LogP contribution >= 0.6 is 0 Å². The van der Waals surface area contributed by atoms with Gasteiger partial charge in [0, 0.05) is 18.7 Å². The summed E-state index contributed by atoms with van der Waals surface area (Å²) >= 11 is 0. The number of aliphatic hydroxyl groups excluding tert-OH is 1. The van der Waals surface area contributed by atoms with Crippen molar-refractivity contribution >= 4 is 17.7 Å². The molecule has 3 amide bonds. The summed E-state index contributed by atoms with van der Waals surface area (Å²) < 4.78 is 43.9. The first-order valence-corrected chi connectivity index (χ1v) is 12.7. The second kappa shape index (κ2) is 14.5. The predicted molar refractivity (Wildman–Crippen MR) is 140 cm³/mol. The maximum Gasteiger partial charge on any atom is 0.416 e. The average molecular weight is 552 g/mol. The highest BCUT2D eigenvalue weighted by molar-refractivity contribution is 5.97. The van der Waals surface area contributed by atoms with Crippen molar-refractivity contribution < 1.29 is 37.4 Å². The number of aryl methyl sites for hydroxylation is 2. The van der Waals surface area contributed by atoms with Gasteiger partial charge in [0.25, 0.3) is 11.8 Å². The van der Waals surface area contributed by atoms with Gasteiger partial charge in [0.15, 0.2) is 6.61 Å². The van der Waals surface area contributed by atoms with Gasteiger partial charge >= 0.3 is 6.18 Å². The number of ether oxygens (including phenoxy) is 1. The van der Waals surface area contributed by atoms with Crippen LogP contribution in [0.15, 0.2) is 42.5 Å². The zero-order valence-electron chi connectivity index (χ0n) is 22.5. The van der Waals surface area contributed by atoms with Gasteiger partial charge in [-0.05, 0) is 68.0 Å². The Morgan fingerprint density at radius 1 is 0.974 bits per heavy atom. The van der Waals surface area contributed by atoms with E-state index >= 15 is 0 Å². The van der Waals surface area contributed by atoms with Crippen molar-refractivity contribution in [1.29, 1.82) is 0 Å². The van der Waals surface area contributed by atoms with Crippen LogP contribution in [0.25, 0.3) is 0 Å². The average Bonchev–Trinajstić information content (AvgIpc) is 2.85. The maximum atomic E-state index is 12.8. The summed E-state index contributed by atoms with van der Waals surface area (Å²) in [5.41, 5.74) is 0.942. The molecule has 11 heteroatoms. The predicted octanol–water partition coefficient (Wildman–Crippen LogP) is 3.53. The van der Waals surface area contributed by atoms with Gasteiger partial charge in [-0.15, -0.1) is 0 Å². The number of alkyl halides is 3. The number of nitrogens with one attached hydrogen (secondary N) is 3. The molecule has 0 radical (unpaired) electrons. The van der Waals surface area contributed by atoms with Gasteiger partial charge in [-0.25, -0.2) is 0 Å². The first kappa shape index (κ1) is 31.6. The first-order chi connectivity index (χ1) is 18.3. The number of aliphatic hydroxyl groups is 1. The van der Waals surface area contributed by atoms with E-state index in [2.05, 4.69) is 16.0 Å². The van der Waals surface area contributed by atoms with E-state index in [4.69, 9.17) is 4.74 Å². The van der Waals surface area contributed by atoms with Gasteiger partial charge in [-0.3, -0.25) is 14.4 Å². The van der Waals surface area contributed by atoms with Crippen LogP contribution in [-0.4, -0.2) is 54.7 Å². The summed E-state index contributed by atoms with van der Waals surface area (Å²) in [6.07, 6.45) is -5.03. The van der Waals surface area contributed by atoms with Gasteiger partial charge in [-0.1, -0.05) is 32.0 Å². The molecule has 0 unspecified atom stereocenters. The van der Waals surface area contributed by atoms with E-state index in [1.54, 1.807) is 0 Å². The molecule has 0 aliphatic heterocycles. The van der Waals surface area contributed by atoms with Crippen LogP contribution in [0.5, 0.6) is 5.75 Å². The number of amides is 3. The van der Waals surface area contributed by atoms with Crippen LogP contribution in [0.1, 0.15) is 53.7 Å². The smallest absolute Gasteiger partial charge is 0.416 e. The Labute approximate surface area is 226 Å². The minimum Gasteiger partial charge on any atom is -0.483 e.